The van der Waals surface area contributed by atoms with E-state index in [1.165, 1.54) is 13.2 Å². The largest absolute Gasteiger partial charge is 0.507 e. The van der Waals surface area contributed by atoms with Crippen molar-refractivity contribution in [2.45, 2.75) is 0 Å². The maximum atomic E-state index is 9.96. The van der Waals surface area contributed by atoms with Crippen LogP contribution in [0.25, 0.3) is 23.0 Å². The van der Waals surface area contributed by atoms with Crippen LogP contribution in [0.5, 0.6) is 11.5 Å². The first kappa shape index (κ1) is 13.6. The van der Waals surface area contributed by atoms with Crippen molar-refractivity contribution >= 4 is 15.9 Å². The number of phenolic OH excluding ortho intramolecular Hbond substituents is 1. The molecule has 6 nitrogen and oxygen atoms in total. The van der Waals surface area contributed by atoms with E-state index in [-0.39, 0.29) is 11.6 Å². The van der Waals surface area contributed by atoms with Gasteiger partial charge >= 0.3 is 0 Å². The zero-order valence-corrected chi connectivity index (χ0v) is 12.5. The monoisotopic (exact) mass is 347 g/mol. The van der Waals surface area contributed by atoms with Crippen molar-refractivity contribution < 1.29 is 14.4 Å². The van der Waals surface area contributed by atoms with Gasteiger partial charge in [0.25, 0.3) is 5.89 Å². The van der Waals surface area contributed by atoms with Crippen molar-refractivity contribution in [1.29, 1.82) is 0 Å². The molecule has 3 rings (SSSR count). The molecule has 3 aromatic rings. The predicted molar refractivity (Wildman–Crippen MR) is 78.9 cm³/mol. The van der Waals surface area contributed by atoms with Gasteiger partial charge < -0.3 is 14.4 Å². The van der Waals surface area contributed by atoms with Gasteiger partial charge in [-0.3, -0.25) is 4.98 Å². The molecule has 0 aliphatic heterocycles. The van der Waals surface area contributed by atoms with E-state index >= 15 is 0 Å². The average Bonchev–Trinajstić information content (AvgIpc) is 2.97. The Morgan fingerprint density at radius 3 is 2.76 bits per heavy atom. The average molecular weight is 348 g/mol. The summed E-state index contributed by atoms with van der Waals surface area (Å²) in [5.74, 6) is 1.13. The Morgan fingerprint density at radius 1 is 1.24 bits per heavy atom. The van der Waals surface area contributed by atoms with E-state index in [1.54, 1.807) is 24.4 Å². The van der Waals surface area contributed by atoms with E-state index in [4.69, 9.17) is 9.26 Å². The topological polar surface area (TPSA) is 81.3 Å². The summed E-state index contributed by atoms with van der Waals surface area (Å²) in [4.78, 5) is 8.43. The standard InChI is InChI=1S/C14H10BrN3O3/c1-20-9-3-4-10(12(19)6-9)14-17-13(18-21-14)11-5-2-8(15)7-16-11/h2-7,19H,1H3. The lowest BCUT2D eigenvalue weighted by atomic mass is 10.2. The number of rotatable bonds is 3. The number of aromatic hydroxyl groups is 1. The number of hydrogen-bond donors (Lipinski definition) is 1. The van der Waals surface area contributed by atoms with Crippen LogP contribution in [0.1, 0.15) is 0 Å². The van der Waals surface area contributed by atoms with Gasteiger partial charge in [0.2, 0.25) is 5.82 Å². The van der Waals surface area contributed by atoms with E-state index in [2.05, 4.69) is 31.1 Å². The number of ether oxygens (including phenoxy) is 1. The number of hydrogen-bond acceptors (Lipinski definition) is 6. The Bertz CT molecular complexity index is 771. The van der Waals surface area contributed by atoms with Crippen LogP contribution in [0.4, 0.5) is 0 Å². The fourth-order valence-corrected chi connectivity index (χ4v) is 2.00. The molecule has 0 saturated carbocycles. The third kappa shape index (κ3) is 2.73. The van der Waals surface area contributed by atoms with E-state index in [0.717, 1.165) is 4.47 Å². The van der Waals surface area contributed by atoms with Gasteiger partial charge in [-0.1, -0.05) is 5.16 Å². The number of halogens is 1. The second kappa shape index (κ2) is 5.53. The summed E-state index contributed by atoms with van der Waals surface area (Å²) >= 11 is 3.31. The van der Waals surface area contributed by atoms with Crippen LogP contribution < -0.4 is 4.74 Å². The minimum atomic E-state index is 0.00770. The summed E-state index contributed by atoms with van der Waals surface area (Å²) in [5, 5.41) is 13.8. The van der Waals surface area contributed by atoms with Crippen molar-refractivity contribution in [2.75, 3.05) is 7.11 Å². The lowest BCUT2D eigenvalue weighted by Crippen LogP contribution is -1.86. The van der Waals surface area contributed by atoms with Gasteiger partial charge in [-0.25, -0.2) is 0 Å². The van der Waals surface area contributed by atoms with Crippen molar-refractivity contribution in [3.8, 4) is 34.5 Å². The van der Waals surface area contributed by atoms with Gasteiger partial charge in [-0.05, 0) is 40.2 Å². The molecule has 0 atom stereocenters. The normalized spacial score (nSPS) is 10.6. The molecule has 21 heavy (non-hydrogen) atoms. The van der Waals surface area contributed by atoms with Gasteiger partial charge in [0.05, 0.1) is 12.7 Å². The summed E-state index contributed by atoms with van der Waals surface area (Å²) in [5.41, 5.74) is 1.02. The quantitative estimate of drug-likeness (QED) is 0.782. The lowest BCUT2D eigenvalue weighted by Gasteiger charge is -2.02. The molecule has 0 radical (unpaired) electrons. The minimum Gasteiger partial charge on any atom is -0.507 e. The second-order valence-corrected chi connectivity index (χ2v) is 5.08. The fraction of sp³-hybridized carbons (Fsp3) is 0.0714. The Hall–Kier alpha value is -2.41. The number of phenols is 1. The Kier molecular flexibility index (Phi) is 3.57. The number of methoxy groups -OCH3 is 1. The van der Waals surface area contributed by atoms with Gasteiger partial charge in [-0.15, -0.1) is 0 Å². The fourth-order valence-electron chi connectivity index (χ4n) is 1.76. The molecule has 0 aliphatic carbocycles. The minimum absolute atomic E-state index is 0.00770. The highest BCUT2D eigenvalue weighted by Gasteiger charge is 2.15. The van der Waals surface area contributed by atoms with E-state index < -0.39 is 0 Å². The van der Waals surface area contributed by atoms with E-state index in [1.807, 2.05) is 6.07 Å². The van der Waals surface area contributed by atoms with Gasteiger partial charge in [-0.2, -0.15) is 4.98 Å². The molecule has 1 N–H and O–H groups in total. The summed E-state index contributed by atoms with van der Waals surface area (Å²) in [6.07, 6.45) is 1.65. The predicted octanol–water partition coefficient (Wildman–Crippen LogP) is 3.28. The highest BCUT2D eigenvalue weighted by atomic mass is 79.9. The molecule has 0 aliphatic rings. The zero-order chi connectivity index (χ0) is 14.8. The Morgan fingerprint density at radius 2 is 2.10 bits per heavy atom. The van der Waals surface area contributed by atoms with E-state index in [9.17, 15) is 5.11 Å². The van der Waals surface area contributed by atoms with Crippen molar-refractivity contribution in [1.82, 2.24) is 15.1 Å². The molecule has 0 fully saturated rings. The summed E-state index contributed by atoms with van der Waals surface area (Å²) in [6.45, 7) is 0. The molecular formula is C14H10BrN3O3. The molecular weight excluding hydrogens is 338 g/mol. The third-order valence-corrected chi connectivity index (χ3v) is 3.29. The van der Waals surface area contributed by atoms with Gasteiger partial charge in [0.15, 0.2) is 0 Å². The Labute approximate surface area is 128 Å². The van der Waals surface area contributed by atoms with Gasteiger partial charge in [0, 0.05) is 16.7 Å². The van der Waals surface area contributed by atoms with Crippen molar-refractivity contribution in [3.05, 3.63) is 41.0 Å². The maximum Gasteiger partial charge on any atom is 0.262 e. The molecule has 0 bridgehead atoms. The molecule has 0 spiro atoms. The van der Waals surface area contributed by atoms with Crippen LogP contribution >= 0.6 is 15.9 Å². The lowest BCUT2D eigenvalue weighted by molar-refractivity contribution is 0.405. The van der Waals surface area contributed by atoms with Crippen LogP contribution in [-0.4, -0.2) is 27.3 Å². The molecule has 0 amide bonds. The SMILES string of the molecule is COc1ccc(-c2nc(-c3ccc(Br)cn3)no2)c(O)c1. The first-order valence-corrected chi connectivity index (χ1v) is 6.79. The van der Waals surface area contributed by atoms with Crippen LogP contribution in [0.3, 0.4) is 0 Å². The van der Waals surface area contributed by atoms with Gasteiger partial charge in [0.1, 0.15) is 17.2 Å². The summed E-state index contributed by atoms with van der Waals surface area (Å²) < 4.78 is 11.1. The molecule has 0 saturated heterocycles. The number of benzene rings is 1. The maximum absolute atomic E-state index is 9.96. The third-order valence-electron chi connectivity index (χ3n) is 2.82. The van der Waals surface area contributed by atoms with E-state index in [0.29, 0.717) is 22.8 Å². The smallest absolute Gasteiger partial charge is 0.262 e. The number of aromatic nitrogens is 3. The van der Waals surface area contributed by atoms with Crippen LogP contribution in [0, 0.1) is 0 Å². The first-order valence-electron chi connectivity index (χ1n) is 6.00. The first-order chi connectivity index (χ1) is 10.2. The number of nitrogens with zero attached hydrogens (tertiary/aromatic N) is 3. The van der Waals surface area contributed by atoms with Crippen LogP contribution in [0.15, 0.2) is 45.5 Å². The van der Waals surface area contributed by atoms with Crippen molar-refractivity contribution in [3.63, 3.8) is 0 Å². The Balaban J connectivity index is 1.96. The van der Waals surface area contributed by atoms with Crippen LogP contribution in [-0.2, 0) is 0 Å². The van der Waals surface area contributed by atoms with Crippen LogP contribution in [0.2, 0.25) is 0 Å². The summed E-state index contributed by atoms with van der Waals surface area (Å²) in [7, 11) is 1.53. The highest BCUT2D eigenvalue weighted by Crippen LogP contribution is 2.32. The molecule has 1 aromatic carbocycles. The van der Waals surface area contributed by atoms with Crippen molar-refractivity contribution in [2.24, 2.45) is 0 Å². The zero-order valence-electron chi connectivity index (χ0n) is 10.9. The second-order valence-electron chi connectivity index (χ2n) is 4.17. The molecule has 106 valence electrons. The molecule has 2 heterocycles. The molecule has 7 heteroatoms. The molecule has 2 aromatic heterocycles. The number of pyridine rings is 1. The summed E-state index contributed by atoms with van der Waals surface area (Å²) in [6, 6.07) is 8.45. The molecule has 0 unspecified atom stereocenters. The highest BCUT2D eigenvalue weighted by molar-refractivity contribution is 9.10.